The van der Waals surface area contributed by atoms with Crippen LogP contribution >= 0.6 is 0 Å². The van der Waals surface area contributed by atoms with Crippen LogP contribution in [0, 0.1) is 0 Å². The topological polar surface area (TPSA) is 74.2 Å². The summed E-state index contributed by atoms with van der Waals surface area (Å²) in [4.78, 5) is 27.9. The lowest BCUT2D eigenvalue weighted by atomic mass is 9.93. The molecule has 0 bridgehead atoms. The molecule has 2 aliphatic rings. The Hall–Kier alpha value is -3.05. The fourth-order valence-corrected chi connectivity index (χ4v) is 4.25. The molecule has 0 unspecified atom stereocenters. The van der Waals surface area contributed by atoms with Crippen molar-refractivity contribution >= 4 is 23.5 Å². The van der Waals surface area contributed by atoms with Gasteiger partial charge in [0.05, 0.1) is 17.8 Å². The molecule has 184 valence electrons. The molecule has 12 heteroatoms. The summed E-state index contributed by atoms with van der Waals surface area (Å²) in [6.07, 6.45) is -2.12. The van der Waals surface area contributed by atoms with Crippen LogP contribution in [0.4, 0.5) is 39.5 Å². The van der Waals surface area contributed by atoms with Crippen LogP contribution in [-0.4, -0.2) is 57.9 Å². The molecule has 2 fully saturated rings. The van der Waals surface area contributed by atoms with Gasteiger partial charge in [-0.15, -0.1) is 0 Å². The molecule has 0 spiro atoms. The Morgan fingerprint density at radius 2 is 1.91 bits per heavy atom. The highest BCUT2D eigenvalue weighted by molar-refractivity contribution is 5.75. The minimum Gasteiger partial charge on any atom is -0.350 e. The lowest BCUT2D eigenvalue weighted by molar-refractivity contribution is -0.137. The average Bonchev–Trinajstić information content (AvgIpc) is 3.18. The van der Waals surface area contributed by atoms with Gasteiger partial charge in [-0.2, -0.15) is 18.2 Å². The van der Waals surface area contributed by atoms with E-state index in [1.165, 1.54) is 4.90 Å². The van der Waals surface area contributed by atoms with Crippen molar-refractivity contribution in [2.45, 2.75) is 50.6 Å². The van der Waals surface area contributed by atoms with Crippen molar-refractivity contribution in [3.05, 3.63) is 35.7 Å². The zero-order chi connectivity index (χ0) is 24.5. The van der Waals surface area contributed by atoms with E-state index in [2.05, 4.69) is 20.3 Å². The third-order valence-electron chi connectivity index (χ3n) is 6.12. The van der Waals surface area contributed by atoms with E-state index in [9.17, 15) is 26.7 Å². The van der Waals surface area contributed by atoms with Crippen LogP contribution in [0.1, 0.15) is 49.8 Å². The van der Waals surface area contributed by atoms with Gasteiger partial charge >= 0.3 is 6.18 Å². The van der Waals surface area contributed by atoms with E-state index in [1.54, 1.807) is 17.9 Å². The zero-order valence-corrected chi connectivity index (χ0v) is 18.6. The Kier molecular flexibility index (Phi) is 6.59. The Bertz CT molecular complexity index is 1040. The lowest BCUT2D eigenvalue weighted by Gasteiger charge is -2.32. The van der Waals surface area contributed by atoms with Gasteiger partial charge in [-0.25, -0.2) is 18.7 Å². The number of hydrogen-bond acceptors (Lipinski definition) is 6. The van der Waals surface area contributed by atoms with Crippen molar-refractivity contribution in [2.24, 2.45) is 0 Å². The van der Waals surface area contributed by atoms with Crippen molar-refractivity contribution in [1.82, 2.24) is 19.9 Å². The summed E-state index contributed by atoms with van der Waals surface area (Å²) in [6, 6.07) is 3.36. The largest absolute Gasteiger partial charge is 0.416 e. The molecule has 4 rings (SSSR count). The molecule has 2 saturated heterocycles. The minimum atomic E-state index is -4.54. The van der Waals surface area contributed by atoms with Gasteiger partial charge in [-0.3, -0.25) is 4.79 Å². The Balaban J connectivity index is 1.61. The van der Waals surface area contributed by atoms with E-state index >= 15 is 0 Å². The summed E-state index contributed by atoms with van der Waals surface area (Å²) in [5, 5.41) is 2.70. The molecule has 4 heterocycles. The number of halogens is 5. The van der Waals surface area contributed by atoms with Crippen molar-refractivity contribution in [1.29, 1.82) is 0 Å². The number of aromatic nitrogens is 3. The monoisotopic (exact) mass is 484 g/mol. The first-order chi connectivity index (χ1) is 16.0. The number of nitrogens with one attached hydrogen (secondary N) is 1. The molecule has 0 saturated carbocycles. The number of piperidine rings is 1. The van der Waals surface area contributed by atoms with Crippen molar-refractivity contribution < 1.29 is 26.7 Å². The van der Waals surface area contributed by atoms with Gasteiger partial charge in [-0.1, -0.05) is 6.92 Å². The third-order valence-corrected chi connectivity index (χ3v) is 6.12. The Morgan fingerprint density at radius 3 is 2.53 bits per heavy atom. The van der Waals surface area contributed by atoms with Crippen LogP contribution in [0.15, 0.2) is 24.4 Å². The molecule has 7 nitrogen and oxygen atoms in total. The van der Waals surface area contributed by atoms with Crippen molar-refractivity contribution in [2.75, 3.05) is 36.4 Å². The van der Waals surface area contributed by atoms with Crippen LogP contribution in [0.5, 0.6) is 0 Å². The highest BCUT2D eigenvalue weighted by Gasteiger charge is 2.39. The second-order valence-corrected chi connectivity index (χ2v) is 8.56. The van der Waals surface area contributed by atoms with Gasteiger partial charge in [0.1, 0.15) is 11.6 Å². The van der Waals surface area contributed by atoms with Crippen LogP contribution in [0.25, 0.3) is 0 Å². The summed E-state index contributed by atoms with van der Waals surface area (Å²) < 4.78 is 66.9. The standard InChI is InChI=1S/C22H25F5N6O/c1-2-19(34)32-8-4-14(5-9-32)16-12-18(33-10-6-21(23,24)13-33)31-20(29-16)30-17-11-15(3-7-28-17)22(25,26)27/h3,7,11-12,14H,2,4-6,8-10,13H2,1H3,(H,28,29,30,31). The van der Waals surface area contributed by atoms with Crippen LogP contribution in [-0.2, 0) is 11.0 Å². The smallest absolute Gasteiger partial charge is 0.350 e. The molecule has 2 aliphatic heterocycles. The second-order valence-electron chi connectivity index (χ2n) is 8.56. The number of pyridine rings is 1. The summed E-state index contributed by atoms with van der Waals surface area (Å²) >= 11 is 0. The Labute approximate surface area is 193 Å². The summed E-state index contributed by atoms with van der Waals surface area (Å²) in [6.45, 7) is 2.52. The quantitative estimate of drug-likeness (QED) is 0.626. The minimum absolute atomic E-state index is 0.0124. The molecule has 34 heavy (non-hydrogen) atoms. The fourth-order valence-electron chi connectivity index (χ4n) is 4.25. The number of alkyl halides is 5. The molecule has 0 aromatic carbocycles. The maximum atomic E-state index is 13.8. The van der Waals surface area contributed by atoms with E-state index in [1.807, 2.05) is 0 Å². The van der Waals surface area contributed by atoms with Crippen molar-refractivity contribution in [3.63, 3.8) is 0 Å². The van der Waals surface area contributed by atoms with Gasteiger partial charge < -0.3 is 15.1 Å². The van der Waals surface area contributed by atoms with E-state index in [0.29, 0.717) is 38.0 Å². The number of anilines is 3. The summed E-state index contributed by atoms with van der Waals surface area (Å²) in [7, 11) is 0. The van der Waals surface area contributed by atoms with Gasteiger partial charge in [0.25, 0.3) is 5.92 Å². The molecule has 2 aromatic rings. The molecule has 0 aliphatic carbocycles. The molecule has 1 amide bonds. The maximum absolute atomic E-state index is 13.8. The van der Waals surface area contributed by atoms with Gasteiger partial charge in [0.15, 0.2) is 0 Å². The van der Waals surface area contributed by atoms with Gasteiger partial charge in [0.2, 0.25) is 11.9 Å². The molecule has 2 aromatic heterocycles. The van der Waals surface area contributed by atoms with E-state index < -0.39 is 24.2 Å². The number of amides is 1. The van der Waals surface area contributed by atoms with Gasteiger partial charge in [0, 0.05) is 50.7 Å². The molecule has 0 radical (unpaired) electrons. The molecule has 0 atom stereocenters. The molecule has 1 N–H and O–H groups in total. The zero-order valence-electron chi connectivity index (χ0n) is 18.6. The number of carbonyl (C=O) groups excluding carboxylic acids is 1. The fraction of sp³-hybridized carbons (Fsp3) is 0.545. The van der Waals surface area contributed by atoms with Crippen LogP contribution < -0.4 is 10.2 Å². The number of likely N-dealkylation sites (tertiary alicyclic amines) is 1. The van der Waals surface area contributed by atoms with E-state index in [-0.39, 0.29) is 42.4 Å². The number of carbonyl (C=O) groups is 1. The predicted molar refractivity (Wildman–Crippen MR) is 115 cm³/mol. The van der Waals surface area contributed by atoms with E-state index in [0.717, 1.165) is 18.3 Å². The molecular weight excluding hydrogens is 459 g/mol. The summed E-state index contributed by atoms with van der Waals surface area (Å²) in [5.41, 5.74) is -0.285. The number of hydrogen-bond donors (Lipinski definition) is 1. The first kappa shape index (κ1) is 24.1. The molecular formula is C22H25F5N6O. The maximum Gasteiger partial charge on any atom is 0.416 e. The van der Waals surface area contributed by atoms with Gasteiger partial charge in [-0.05, 0) is 25.0 Å². The number of nitrogens with zero attached hydrogens (tertiary/aromatic N) is 5. The summed E-state index contributed by atoms with van der Waals surface area (Å²) in [5.74, 6) is -2.65. The van der Waals surface area contributed by atoms with Crippen LogP contribution in [0.2, 0.25) is 0 Å². The van der Waals surface area contributed by atoms with E-state index in [4.69, 9.17) is 0 Å². The predicted octanol–water partition coefficient (Wildman–Crippen LogP) is 4.60. The lowest BCUT2D eigenvalue weighted by Crippen LogP contribution is -2.37. The van der Waals surface area contributed by atoms with Crippen LogP contribution in [0.3, 0.4) is 0 Å². The Morgan fingerprint density at radius 1 is 1.18 bits per heavy atom. The first-order valence-electron chi connectivity index (χ1n) is 11.1. The second kappa shape index (κ2) is 9.30. The highest BCUT2D eigenvalue weighted by Crippen LogP contribution is 2.35. The number of rotatable bonds is 5. The highest BCUT2D eigenvalue weighted by atomic mass is 19.4. The SMILES string of the molecule is CCC(=O)N1CCC(c2cc(N3CCC(F)(F)C3)nc(Nc3cc(C(F)(F)F)ccn3)n2)CC1. The van der Waals surface area contributed by atoms with Crippen molar-refractivity contribution in [3.8, 4) is 0 Å². The average molecular weight is 484 g/mol. The normalized spacial score (nSPS) is 18.9. The first-order valence-corrected chi connectivity index (χ1v) is 11.1. The third kappa shape index (κ3) is 5.53.